The summed E-state index contributed by atoms with van der Waals surface area (Å²) in [5, 5.41) is 24.9. The summed E-state index contributed by atoms with van der Waals surface area (Å²) in [4.78, 5) is 8.99. The summed E-state index contributed by atoms with van der Waals surface area (Å²) < 4.78 is 0. The average molecular weight is 336 g/mol. The lowest BCUT2D eigenvalue weighted by molar-refractivity contribution is 0.281. The molecule has 25 heavy (non-hydrogen) atoms. The number of phenolic OH excluding ortho intramolecular Hbond substituents is 1. The minimum Gasteiger partial charge on any atom is -0.508 e. The van der Waals surface area contributed by atoms with Crippen molar-refractivity contribution in [3.8, 4) is 17.0 Å². The van der Waals surface area contributed by atoms with Crippen LogP contribution in [0.4, 0.5) is 17.5 Å². The van der Waals surface area contributed by atoms with Crippen LogP contribution in [0.3, 0.4) is 0 Å². The van der Waals surface area contributed by atoms with Gasteiger partial charge in [-0.05, 0) is 31.2 Å². The first-order chi connectivity index (χ1) is 12.1. The fourth-order valence-corrected chi connectivity index (χ4v) is 2.29. The number of hydrogen-bond acceptors (Lipinski definition) is 6. The SMILES string of the molecule is C[C@H](CO)Nc1nc(Nc2ccc(O)cc2)cc(-c2ccccc2)n1. The Balaban J connectivity index is 1.95. The molecule has 6 heteroatoms. The van der Waals surface area contributed by atoms with E-state index in [0.717, 1.165) is 16.9 Å². The van der Waals surface area contributed by atoms with Gasteiger partial charge in [-0.15, -0.1) is 0 Å². The van der Waals surface area contributed by atoms with Crippen molar-refractivity contribution in [2.75, 3.05) is 17.2 Å². The van der Waals surface area contributed by atoms with Gasteiger partial charge in [0.25, 0.3) is 0 Å². The molecule has 1 atom stereocenters. The van der Waals surface area contributed by atoms with Gasteiger partial charge in [-0.3, -0.25) is 0 Å². The van der Waals surface area contributed by atoms with Gasteiger partial charge >= 0.3 is 0 Å². The molecule has 0 saturated carbocycles. The number of aromatic hydroxyl groups is 1. The van der Waals surface area contributed by atoms with Gasteiger partial charge in [-0.2, -0.15) is 4.98 Å². The Kier molecular flexibility index (Phi) is 5.11. The van der Waals surface area contributed by atoms with E-state index in [0.29, 0.717) is 11.8 Å². The number of nitrogens with zero attached hydrogens (tertiary/aromatic N) is 2. The van der Waals surface area contributed by atoms with Crippen LogP contribution in [-0.2, 0) is 0 Å². The summed E-state index contributed by atoms with van der Waals surface area (Å²) in [7, 11) is 0. The van der Waals surface area contributed by atoms with Gasteiger partial charge in [0.15, 0.2) is 0 Å². The molecule has 4 N–H and O–H groups in total. The van der Waals surface area contributed by atoms with Gasteiger partial charge in [0.1, 0.15) is 11.6 Å². The zero-order chi connectivity index (χ0) is 17.6. The third-order valence-corrected chi connectivity index (χ3v) is 3.58. The van der Waals surface area contributed by atoms with Gasteiger partial charge < -0.3 is 20.8 Å². The molecule has 0 aliphatic carbocycles. The number of aromatic nitrogens is 2. The smallest absolute Gasteiger partial charge is 0.225 e. The highest BCUT2D eigenvalue weighted by Crippen LogP contribution is 2.24. The van der Waals surface area contributed by atoms with E-state index in [2.05, 4.69) is 20.6 Å². The quantitative estimate of drug-likeness (QED) is 0.516. The summed E-state index contributed by atoms with van der Waals surface area (Å²) >= 11 is 0. The molecule has 1 heterocycles. The van der Waals surface area contributed by atoms with E-state index >= 15 is 0 Å². The van der Waals surface area contributed by atoms with Crippen LogP contribution >= 0.6 is 0 Å². The predicted octanol–water partition coefficient (Wildman–Crippen LogP) is 3.39. The van der Waals surface area contributed by atoms with E-state index in [1.807, 2.05) is 43.3 Å². The Morgan fingerprint density at radius 3 is 2.40 bits per heavy atom. The fraction of sp³-hybridized carbons (Fsp3) is 0.158. The second kappa shape index (κ2) is 7.63. The number of phenols is 1. The Morgan fingerprint density at radius 2 is 1.72 bits per heavy atom. The molecule has 3 aromatic rings. The lowest BCUT2D eigenvalue weighted by atomic mass is 10.1. The van der Waals surface area contributed by atoms with Crippen LogP contribution < -0.4 is 10.6 Å². The minimum absolute atomic E-state index is 0.0142. The Labute approximate surface area is 146 Å². The number of benzene rings is 2. The molecular formula is C19H20N4O2. The van der Waals surface area contributed by atoms with Crippen molar-refractivity contribution in [3.05, 3.63) is 60.7 Å². The van der Waals surface area contributed by atoms with Crippen molar-refractivity contribution in [1.29, 1.82) is 0 Å². The maximum atomic E-state index is 9.40. The maximum Gasteiger partial charge on any atom is 0.225 e. The van der Waals surface area contributed by atoms with Crippen molar-refractivity contribution >= 4 is 17.5 Å². The standard InChI is InChI=1S/C19H20N4O2/c1-13(12-24)20-19-22-17(14-5-3-2-4-6-14)11-18(23-19)21-15-7-9-16(25)10-8-15/h2-11,13,24-25H,12H2,1H3,(H2,20,21,22,23)/t13-/m1/s1. The monoisotopic (exact) mass is 336 g/mol. The highest BCUT2D eigenvalue weighted by atomic mass is 16.3. The normalized spacial score (nSPS) is 11.8. The third kappa shape index (κ3) is 4.45. The van der Waals surface area contributed by atoms with Crippen LogP contribution in [0.5, 0.6) is 5.75 Å². The number of nitrogens with one attached hydrogen (secondary N) is 2. The summed E-state index contributed by atoms with van der Waals surface area (Å²) in [6, 6.07) is 18.3. The minimum atomic E-state index is -0.160. The molecule has 6 nitrogen and oxygen atoms in total. The zero-order valence-corrected chi connectivity index (χ0v) is 13.8. The van der Waals surface area contributed by atoms with Crippen molar-refractivity contribution < 1.29 is 10.2 Å². The topological polar surface area (TPSA) is 90.3 Å². The number of hydrogen-bond donors (Lipinski definition) is 4. The number of aliphatic hydroxyl groups excluding tert-OH is 1. The fourth-order valence-electron chi connectivity index (χ4n) is 2.29. The molecule has 1 aromatic heterocycles. The summed E-state index contributed by atoms with van der Waals surface area (Å²) in [6.45, 7) is 1.84. The van der Waals surface area contributed by atoms with Crippen molar-refractivity contribution in [2.45, 2.75) is 13.0 Å². The highest BCUT2D eigenvalue weighted by molar-refractivity contribution is 5.67. The van der Waals surface area contributed by atoms with Crippen LogP contribution in [0.2, 0.25) is 0 Å². The Morgan fingerprint density at radius 1 is 1.00 bits per heavy atom. The Hall–Kier alpha value is -3.12. The molecule has 0 fully saturated rings. The van der Waals surface area contributed by atoms with Crippen molar-refractivity contribution in [2.24, 2.45) is 0 Å². The van der Waals surface area contributed by atoms with E-state index in [1.165, 1.54) is 0 Å². The van der Waals surface area contributed by atoms with Gasteiger partial charge in [-0.1, -0.05) is 30.3 Å². The van der Waals surface area contributed by atoms with Crippen LogP contribution in [0, 0.1) is 0 Å². The van der Waals surface area contributed by atoms with Crippen LogP contribution in [0.15, 0.2) is 60.7 Å². The second-order valence-electron chi connectivity index (χ2n) is 5.73. The van der Waals surface area contributed by atoms with Crippen LogP contribution in [0.25, 0.3) is 11.3 Å². The summed E-state index contributed by atoms with van der Waals surface area (Å²) in [5.74, 6) is 1.26. The second-order valence-corrected chi connectivity index (χ2v) is 5.73. The van der Waals surface area contributed by atoms with Gasteiger partial charge in [0.2, 0.25) is 5.95 Å². The highest BCUT2D eigenvalue weighted by Gasteiger charge is 2.09. The van der Waals surface area contributed by atoms with Gasteiger partial charge in [0.05, 0.1) is 12.3 Å². The Bertz CT molecular complexity index is 823. The van der Waals surface area contributed by atoms with E-state index in [-0.39, 0.29) is 18.4 Å². The summed E-state index contributed by atoms with van der Waals surface area (Å²) in [5.41, 5.74) is 2.54. The maximum absolute atomic E-state index is 9.40. The van der Waals surface area contributed by atoms with E-state index in [4.69, 9.17) is 0 Å². The molecule has 2 aromatic carbocycles. The largest absolute Gasteiger partial charge is 0.508 e. The molecule has 3 rings (SSSR count). The third-order valence-electron chi connectivity index (χ3n) is 3.58. The molecule has 0 bridgehead atoms. The molecular weight excluding hydrogens is 316 g/mol. The molecule has 0 unspecified atom stereocenters. The van der Waals surface area contributed by atoms with Crippen LogP contribution in [0.1, 0.15) is 6.92 Å². The first kappa shape index (κ1) is 16.7. The molecule has 0 spiro atoms. The zero-order valence-electron chi connectivity index (χ0n) is 13.8. The molecule has 0 aliphatic rings. The average Bonchev–Trinajstić information content (AvgIpc) is 2.64. The van der Waals surface area contributed by atoms with E-state index in [9.17, 15) is 10.2 Å². The molecule has 0 radical (unpaired) electrons. The van der Waals surface area contributed by atoms with Gasteiger partial charge in [0, 0.05) is 23.4 Å². The molecule has 0 amide bonds. The number of anilines is 3. The first-order valence-corrected chi connectivity index (χ1v) is 8.02. The lowest BCUT2D eigenvalue weighted by Gasteiger charge is -2.14. The number of rotatable bonds is 6. The molecule has 0 saturated heterocycles. The predicted molar refractivity (Wildman–Crippen MR) is 99.0 cm³/mol. The summed E-state index contributed by atoms with van der Waals surface area (Å²) in [6.07, 6.45) is 0. The molecule has 128 valence electrons. The number of aliphatic hydroxyl groups is 1. The molecule has 0 aliphatic heterocycles. The van der Waals surface area contributed by atoms with E-state index in [1.54, 1.807) is 24.3 Å². The van der Waals surface area contributed by atoms with Gasteiger partial charge in [-0.25, -0.2) is 4.98 Å². The van der Waals surface area contributed by atoms with Crippen LogP contribution in [-0.4, -0.2) is 32.8 Å². The lowest BCUT2D eigenvalue weighted by Crippen LogP contribution is -2.21. The van der Waals surface area contributed by atoms with E-state index < -0.39 is 0 Å². The van der Waals surface area contributed by atoms with Crippen molar-refractivity contribution in [1.82, 2.24) is 9.97 Å². The first-order valence-electron chi connectivity index (χ1n) is 8.02. The van der Waals surface area contributed by atoms with Crippen molar-refractivity contribution in [3.63, 3.8) is 0 Å².